The highest BCUT2D eigenvalue weighted by molar-refractivity contribution is 6.05. The zero-order valence-corrected chi connectivity index (χ0v) is 12.0. The van der Waals surface area contributed by atoms with Gasteiger partial charge in [0, 0.05) is 23.5 Å². The summed E-state index contributed by atoms with van der Waals surface area (Å²) in [7, 11) is 2.97. The Hall–Kier alpha value is -2.83. The fourth-order valence-electron chi connectivity index (χ4n) is 1.76. The van der Waals surface area contributed by atoms with E-state index < -0.39 is 0 Å². The van der Waals surface area contributed by atoms with E-state index in [2.05, 4.69) is 15.3 Å². The number of carbonyl (C=O) groups excluding carboxylic acids is 1. The van der Waals surface area contributed by atoms with Crippen molar-refractivity contribution in [3.8, 4) is 11.6 Å². The Balaban J connectivity index is 2.28. The molecule has 0 saturated heterocycles. The topological polar surface area (TPSA) is 99.4 Å². The van der Waals surface area contributed by atoms with E-state index in [1.165, 1.54) is 14.2 Å². The number of ether oxygens (including phenoxy) is 2. The second-order valence-electron chi connectivity index (χ2n) is 4.29. The van der Waals surface area contributed by atoms with Gasteiger partial charge in [-0.15, -0.1) is 0 Å². The van der Waals surface area contributed by atoms with E-state index >= 15 is 0 Å². The fraction of sp³-hybridized carbons (Fsp3) is 0.214. The van der Waals surface area contributed by atoms with Crippen LogP contribution in [0.1, 0.15) is 16.1 Å². The van der Waals surface area contributed by atoms with Crippen molar-refractivity contribution < 1.29 is 14.3 Å². The Labute approximate surface area is 122 Å². The number of nitrogens with zero attached hydrogens (tertiary/aromatic N) is 2. The zero-order valence-electron chi connectivity index (χ0n) is 12.0. The number of nitrogen functional groups attached to an aromatic ring is 1. The number of anilines is 2. The predicted molar refractivity (Wildman–Crippen MR) is 78.7 cm³/mol. The maximum Gasteiger partial charge on any atom is 0.261 e. The Morgan fingerprint density at radius 1 is 1.19 bits per heavy atom. The van der Waals surface area contributed by atoms with Gasteiger partial charge in [-0.2, -0.15) is 4.98 Å². The van der Waals surface area contributed by atoms with Crippen LogP contribution in [0.2, 0.25) is 0 Å². The van der Waals surface area contributed by atoms with Crippen molar-refractivity contribution in [3.05, 3.63) is 35.5 Å². The van der Waals surface area contributed by atoms with E-state index in [9.17, 15) is 4.79 Å². The molecule has 1 aromatic carbocycles. The van der Waals surface area contributed by atoms with E-state index in [1.54, 1.807) is 31.2 Å². The molecule has 7 heteroatoms. The van der Waals surface area contributed by atoms with Crippen LogP contribution in [-0.4, -0.2) is 30.1 Å². The van der Waals surface area contributed by atoms with Crippen molar-refractivity contribution in [1.29, 1.82) is 0 Å². The van der Waals surface area contributed by atoms with Gasteiger partial charge < -0.3 is 15.2 Å². The zero-order chi connectivity index (χ0) is 15.4. The second-order valence-corrected chi connectivity index (χ2v) is 4.29. The smallest absolute Gasteiger partial charge is 0.261 e. The molecular weight excluding hydrogens is 272 g/mol. The second kappa shape index (κ2) is 6.08. The molecule has 7 nitrogen and oxygen atoms in total. The molecule has 0 fully saturated rings. The molecule has 0 atom stereocenters. The molecular formula is C14H16N4O3. The van der Waals surface area contributed by atoms with Crippen molar-refractivity contribution in [1.82, 2.24) is 9.97 Å². The van der Waals surface area contributed by atoms with Crippen LogP contribution in [0.3, 0.4) is 0 Å². The molecule has 110 valence electrons. The van der Waals surface area contributed by atoms with Gasteiger partial charge in [0.25, 0.3) is 5.91 Å². The van der Waals surface area contributed by atoms with Gasteiger partial charge >= 0.3 is 0 Å². The van der Waals surface area contributed by atoms with E-state index in [-0.39, 0.29) is 11.9 Å². The van der Waals surface area contributed by atoms with Crippen LogP contribution < -0.4 is 20.5 Å². The fourth-order valence-corrected chi connectivity index (χ4v) is 1.76. The van der Waals surface area contributed by atoms with Crippen LogP contribution >= 0.6 is 0 Å². The third-order valence-corrected chi connectivity index (χ3v) is 2.74. The summed E-state index contributed by atoms with van der Waals surface area (Å²) in [4.78, 5) is 20.5. The maximum absolute atomic E-state index is 12.3. The van der Waals surface area contributed by atoms with Gasteiger partial charge in [0.2, 0.25) is 11.8 Å². The molecule has 0 unspecified atom stereocenters. The number of nitrogens with one attached hydrogen (secondary N) is 1. The highest BCUT2D eigenvalue weighted by atomic mass is 16.5. The summed E-state index contributed by atoms with van der Waals surface area (Å²) in [6, 6.07) is 6.44. The number of rotatable bonds is 4. The molecule has 3 N–H and O–H groups in total. The summed E-state index contributed by atoms with van der Waals surface area (Å²) < 4.78 is 10.2. The van der Waals surface area contributed by atoms with Gasteiger partial charge in [-0.1, -0.05) is 0 Å². The number of hydrogen-bond acceptors (Lipinski definition) is 6. The number of benzene rings is 1. The third kappa shape index (κ3) is 3.38. The number of aryl methyl sites for hydroxylation is 1. The molecule has 0 aliphatic heterocycles. The minimum atomic E-state index is -0.389. The average Bonchev–Trinajstić information content (AvgIpc) is 2.46. The molecule has 0 bridgehead atoms. The number of carbonyl (C=O) groups is 1. The lowest BCUT2D eigenvalue weighted by Crippen LogP contribution is -2.16. The monoisotopic (exact) mass is 288 g/mol. The van der Waals surface area contributed by atoms with E-state index in [1.807, 2.05) is 0 Å². The highest BCUT2D eigenvalue weighted by Crippen LogP contribution is 2.22. The number of methoxy groups -OCH3 is 2. The summed E-state index contributed by atoms with van der Waals surface area (Å²) in [5.74, 6) is 0.532. The normalized spacial score (nSPS) is 10.0. The predicted octanol–water partition coefficient (Wildman–Crippen LogP) is 1.64. The first-order chi connectivity index (χ1) is 10.0. The van der Waals surface area contributed by atoms with Gasteiger partial charge in [-0.05, 0) is 19.1 Å². The molecule has 1 heterocycles. The molecule has 0 spiro atoms. The molecule has 2 rings (SSSR count). The first-order valence-corrected chi connectivity index (χ1v) is 6.18. The summed E-state index contributed by atoms with van der Waals surface area (Å²) in [6.45, 7) is 1.78. The summed E-state index contributed by atoms with van der Waals surface area (Å²) in [6.07, 6.45) is 0. The number of amides is 1. The lowest BCUT2D eigenvalue weighted by Gasteiger charge is -2.10. The molecule has 0 aliphatic carbocycles. The van der Waals surface area contributed by atoms with Crippen molar-refractivity contribution in [2.45, 2.75) is 6.92 Å². The molecule has 21 heavy (non-hydrogen) atoms. The minimum Gasteiger partial charge on any atom is -0.496 e. The van der Waals surface area contributed by atoms with Crippen molar-refractivity contribution in [2.24, 2.45) is 0 Å². The molecule has 2 aromatic rings. The molecule has 0 aliphatic rings. The van der Waals surface area contributed by atoms with Gasteiger partial charge in [-0.25, -0.2) is 4.98 Å². The molecule has 1 amide bonds. The standard InChI is InChI=1S/C14H16N4O3/c1-8-6-12(21-3)17-14(16-8)18-13(19)10-5-4-9(15)7-11(10)20-2/h4-7H,15H2,1-3H3,(H,16,17,18,19). The lowest BCUT2D eigenvalue weighted by atomic mass is 10.1. The minimum absolute atomic E-state index is 0.163. The van der Waals surface area contributed by atoms with Crippen LogP contribution in [0.15, 0.2) is 24.3 Å². The van der Waals surface area contributed by atoms with Crippen molar-refractivity contribution in [2.75, 3.05) is 25.3 Å². The molecule has 0 radical (unpaired) electrons. The first-order valence-electron chi connectivity index (χ1n) is 6.18. The van der Waals surface area contributed by atoms with Crippen LogP contribution in [0.5, 0.6) is 11.6 Å². The Morgan fingerprint density at radius 2 is 1.95 bits per heavy atom. The Morgan fingerprint density at radius 3 is 2.62 bits per heavy atom. The molecule has 1 aromatic heterocycles. The lowest BCUT2D eigenvalue weighted by molar-refractivity contribution is 0.102. The number of nitrogens with two attached hydrogens (primary N) is 1. The van der Waals surface area contributed by atoms with Gasteiger partial charge in [0.05, 0.1) is 19.8 Å². The number of hydrogen-bond donors (Lipinski definition) is 2. The van der Waals surface area contributed by atoms with Crippen LogP contribution in [-0.2, 0) is 0 Å². The van der Waals surface area contributed by atoms with Crippen LogP contribution in [0.4, 0.5) is 11.6 Å². The van der Waals surface area contributed by atoms with Gasteiger partial charge in [0.1, 0.15) is 5.75 Å². The largest absolute Gasteiger partial charge is 0.496 e. The first kappa shape index (κ1) is 14.6. The average molecular weight is 288 g/mol. The van der Waals surface area contributed by atoms with E-state index in [0.717, 1.165) is 0 Å². The van der Waals surface area contributed by atoms with Crippen LogP contribution in [0.25, 0.3) is 0 Å². The van der Waals surface area contributed by atoms with Crippen molar-refractivity contribution in [3.63, 3.8) is 0 Å². The van der Waals surface area contributed by atoms with Gasteiger partial charge in [0.15, 0.2) is 0 Å². The Bertz CT molecular complexity index is 673. The molecule has 0 saturated carbocycles. The summed E-state index contributed by atoms with van der Waals surface area (Å²) in [5.41, 5.74) is 7.20. The van der Waals surface area contributed by atoms with Crippen LogP contribution in [0, 0.1) is 6.92 Å². The summed E-state index contributed by atoms with van der Waals surface area (Å²) >= 11 is 0. The quantitative estimate of drug-likeness (QED) is 0.830. The number of aromatic nitrogens is 2. The van der Waals surface area contributed by atoms with Gasteiger partial charge in [-0.3, -0.25) is 10.1 Å². The van der Waals surface area contributed by atoms with E-state index in [0.29, 0.717) is 28.6 Å². The highest BCUT2D eigenvalue weighted by Gasteiger charge is 2.14. The third-order valence-electron chi connectivity index (χ3n) is 2.74. The Kier molecular flexibility index (Phi) is 4.22. The van der Waals surface area contributed by atoms with Crippen molar-refractivity contribution >= 4 is 17.5 Å². The SMILES string of the molecule is COc1cc(C)nc(NC(=O)c2ccc(N)cc2OC)n1. The maximum atomic E-state index is 12.3. The summed E-state index contributed by atoms with van der Waals surface area (Å²) in [5, 5.41) is 2.61. The van der Waals surface area contributed by atoms with E-state index in [4.69, 9.17) is 15.2 Å².